The highest BCUT2D eigenvalue weighted by Crippen LogP contribution is 2.14. The Kier molecular flexibility index (Phi) is 11.7. The van der Waals surface area contributed by atoms with E-state index in [1.54, 1.807) is 0 Å². The highest BCUT2D eigenvalue weighted by Gasteiger charge is 2.14. The van der Waals surface area contributed by atoms with Crippen LogP contribution in [0.4, 0.5) is 0 Å². The molecule has 0 aromatic carbocycles. The lowest BCUT2D eigenvalue weighted by atomic mass is 9.94. The maximum atomic E-state index is 11.3. The minimum absolute atomic E-state index is 0. The molecular weight excluding hydrogens is 214 g/mol. The quantitative estimate of drug-likeness (QED) is 0.692. The van der Waals surface area contributed by atoms with Crippen LogP contribution in [0.25, 0.3) is 0 Å². The molecule has 0 fully saturated rings. The molecule has 0 saturated carbocycles. The number of carbonyl (C=O) groups excluding carboxylic acids is 1. The molecule has 0 radical (unpaired) electrons. The normalized spacial score (nSPS) is 12.1. The molecule has 0 saturated heterocycles. The molecule has 15 heavy (non-hydrogen) atoms. The summed E-state index contributed by atoms with van der Waals surface area (Å²) in [6.07, 6.45) is 2.34. The smallest absolute Gasteiger partial charge is 0.306 e. The molecule has 0 aliphatic carbocycles. The van der Waals surface area contributed by atoms with Crippen LogP contribution >= 0.6 is 12.4 Å². The standard InChI is InChI=1S/C11H23NO2.ClH/c1-4-5-14-11(13)7-10(8-12)6-9(2)3;/h9-10H,4-8,12H2,1-3H3;1H/t10-;/m0./s1. The summed E-state index contributed by atoms with van der Waals surface area (Å²) in [4.78, 5) is 11.3. The molecular formula is C11H24ClNO2. The van der Waals surface area contributed by atoms with Crippen molar-refractivity contribution < 1.29 is 9.53 Å². The van der Waals surface area contributed by atoms with Crippen molar-refractivity contribution in [2.45, 2.75) is 40.0 Å². The van der Waals surface area contributed by atoms with Gasteiger partial charge in [0.1, 0.15) is 0 Å². The molecule has 0 aliphatic heterocycles. The van der Waals surface area contributed by atoms with E-state index in [2.05, 4.69) is 13.8 Å². The molecule has 0 spiro atoms. The summed E-state index contributed by atoms with van der Waals surface area (Å²) >= 11 is 0. The number of rotatable bonds is 7. The zero-order valence-electron chi connectivity index (χ0n) is 9.99. The Bertz CT molecular complexity index is 163. The van der Waals surface area contributed by atoms with Gasteiger partial charge in [-0.1, -0.05) is 20.8 Å². The average molecular weight is 238 g/mol. The van der Waals surface area contributed by atoms with Crippen LogP contribution in [-0.2, 0) is 9.53 Å². The summed E-state index contributed by atoms with van der Waals surface area (Å²) in [7, 11) is 0. The van der Waals surface area contributed by atoms with E-state index in [4.69, 9.17) is 10.5 Å². The molecule has 0 aromatic rings. The highest BCUT2D eigenvalue weighted by atomic mass is 35.5. The Morgan fingerprint density at radius 1 is 1.40 bits per heavy atom. The first-order valence-corrected chi connectivity index (χ1v) is 5.45. The second kappa shape index (κ2) is 10.2. The Hall–Kier alpha value is -0.280. The van der Waals surface area contributed by atoms with E-state index in [1.165, 1.54) is 0 Å². The summed E-state index contributed by atoms with van der Waals surface area (Å²) in [5.41, 5.74) is 5.59. The molecule has 2 N–H and O–H groups in total. The van der Waals surface area contributed by atoms with Gasteiger partial charge in [-0.15, -0.1) is 12.4 Å². The maximum absolute atomic E-state index is 11.3. The largest absolute Gasteiger partial charge is 0.466 e. The second-order valence-electron chi connectivity index (χ2n) is 4.16. The van der Waals surface area contributed by atoms with Gasteiger partial charge in [0, 0.05) is 6.42 Å². The van der Waals surface area contributed by atoms with Crippen molar-refractivity contribution in [2.24, 2.45) is 17.6 Å². The fourth-order valence-electron chi connectivity index (χ4n) is 1.44. The predicted octanol–water partition coefficient (Wildman–Crippen LogP) is 2.37. The number of carbonyl (C=O) groups is 1. The predicted molar refractivity (Wildman–Crippen MR) is 65.1 cm³/mol. The van der Waals surface area contributed by atoms with Crippen molar-refractivity contribution in [3.05, 3.63) is 0 Å². The van der Waals surface area contributed by atoms with E-state index in [-0.39, 0.29) is 24.3 Å². The molecule has 0 heterocycles. The lowest BCUT2D eigenvalue weighted by Gasteiger charge is -2.15. The summed E-state index contributed by atoms with van der Waals surface area (Å²) in [6, 6.07) is 0. The number of nitrogens with two attached hydrogens (primary N) is 1. The number of hydrogen-bond donors (Lipinski definition) is 1. The van der Waals surface area contributed by atoms with E-state index in [0.29, 0.717) is 25.5 Å². The van der Waals surface area contributed by atoms with E-state index in [0.717, 1.165) is 12.8 Å². The Labute approximate surface area is 99.2 Å². The first-order valence-electron chi connectivity index (χ1n) is 5.45. The van der Waals surface area contributed by atoms with Crippen molar-refractivity contribution >= 4 is 18.4 Å². The minimum Gasteiger partial charge on any atom is -0.466 e. The third kappa shape index (κ3) is 10.0. The molecule has 3 nitrogen and oxygen atoms in total. The van der Waals surface area contributed by atoms with Gasteiger partial charge < -0.3 is 10.5 Å². The Balaban J connectivity index is 0. The van der Waals surface area contributed by atoms with Crippen LogP contribution in [0.2, 0.25) is 0 Å². The van der Waals surface area contributed by atoms with Crippen LogP contribution in [0.15, 0.2) is 0 Å². The monoisotopic (exact) mass is 237 g/mol. The fourth-order valence-corrected chi connectivity index (χ4v) is 1.44. The van der Waals surface area contributed by atoms with Gasteiger partial charge in [0.15, 0.2) is 0 Å². The van der Waals surface area contributed by atoms with Gasteiger partial charge in [-0.05, 0) is 31.2 Å². The van der Waals surface area contributed by atoms with Crippen LogP contribution in [0.5, 0.6) is 0 Å². The van der Waals surface area contributed by atoms with E-state index >= 15 is 0 Å². The molecule has 0 bridgehead atoms. The topological polar surface area (TPSA) is 52.3 Å². The molecule has 1 atom stereocenters. The molecule has 0 unspecified atom stereocenters. The first kappa shape index (κ1) is 17.1. The van der Waals surface area contributed by atoms with Gasteiger partial charge in [-0.3, -0.25) is 4.79 Å². The van der Waals surface area contributed by atoms with E-state index < -0.39 is 0 Å². The molecule has 0 amide bonds. The minimum atomic E-state index is -0.108. The number of halogens is 1. The van der Waals surface area contributed by atoms with Gasteiger partial charge in [0.2, 0.25) is 0 Å². The van der Waals surface area contributed by atoms with Crippen LogP contribution in [0.3, 0.4) is 0 Å². The molecule has 0 aromatic heterocycles. The van der Waals surface area contributed by atoms with Gasteiger partial charge in [0.05, 0.1) is 6.61 Å². The zero-order valence-corrected chi connectivity index (χ0v) is 10.8. The van der Waals surface area contributed by atoms with E-state index in [9.17, 15) is 4.79 Å². The molecule has 4 heteroatoms. The maximum Gasteiger partial charge on any atom is 0.306 e. The summed E-state index contributed by atoms with van der Waals surface area (Å²) in [5.74, 6) is 0.754. The number of esters is 1. The summed E-state index contributed by atoms with van der Waals surface area (Å²) in [5, 5.41) is 0. The van der Waals surface area contributed by atoms with Crippen LogP contribution in [0, 0.1) is 11.8 Å². The first-order chi connectivity index (χ1) is 6.60. The van der Waals surface area contributed by atoms with Crippen LogP contribution in [-0.4, -0.2) is 19.1 Å². The van der Waals surface area contributed by atoms with Gasteiger partial charge >= 0.3 is 5.97 Å². The van der Waals surface area contributed by atoms with Gasteiger partial charge in [0.25, 0.3) is 0 Å². The van der Waals surface area contributed by atoms with Crippen molar-refractivity contribution in [2.75, 3.05) is 13.2 Å². The van der Waals surface area contributed by atoms with E-state index in [1.807, 2.05) is 6.92 Å². The number of ether oxygens (including phenoxy) is 1. The van der Waals surface area contributed by atoms with Gasteiger partial charge in [-0.2, -0.15) is 0 Å². The summed E-state index contributed by atoms with van der Waals surface area (Å²) < 4.78 is 5.01. The summed E-state index contributed by atoms with van der Waals surface area (Å²) in [6.45, 7) is 7.36. The average Bonchev–Trinajstić information content (AvgIpc) is 2.12. The lowest BCUT2D eigenvalue weighted by Crippen LogP contribution is -2.21. The van der Waals surface area contributed by atoms with Crippen molar-refractivity contribution in [1.29, 1.82) is 0 Å². The zero-order chi connectivity index (χ0) is 11.0. The Morgan fingerprint density at radius 3 is 2.40 bits per heavy atom. The highest BCUT2D eigenvalue weighted by molar-refractivity contribution is 5.85. The fraction of sp³-hybridized carbons (Fsp3) is 0.909. The van der Waals surface area contributed by atoms with Crippen molar-refractivity contribution in [3.63, 3.8) is 0 Å². The molecule has 0 rings (SSSR count). The van der Waals surface area contributed by atoms with Crippen LogP contribution < -0.4 is 5.73 Å². The third-order valence-corrected chi connectivity index (χ3v) is 2.06. The number of hydrogen-bond acceptors (Lipinski definition) is 3. The second-order valence-corrected chi connectivity index (χ2v) is 4.16. The Morgan fingerprint density at radius 2 is 2.00 bits per heavy atom. The molecule has 92 valence electrons. The SMILES string of the molecule is CCCOC(=O)C[C@@H](CN)CC(C)C.Cl. The molecule has 0 aliphatic rings. The van der Waals surface area contributed by atoms with Crippen LogP contribution in [0.1, 0.15) is 40.0 Å². The third-order valence-electron chi connectivity index (χ3n) is 2.06. The van der Waals surface area contributed by atoms with Crippen molar-refractivity contribution in [3.8, 4) is 0 Å². The van der Waals surface area contributed by atoms with Crippen molar-refractivity contribution in [1.82, 2.24) is 0 Å². The lowest BCUT2D eigenvalue weighted by molar-refractivity contribution is -0.144. The van der Waals surface area contributed by atoms with Gasteiger partial charge in [-0.25, -0.2) is 0 Å².